The summed E-state index contributed by atoms with van der Waals surface area (Å²) in [5.74, 6) is 0.0691. The third-order valence-corrected chi connectivity index (χ3v) is 2.64. The SMILES string of the molecule is CC(Nc1ncncc1C(=O)O)C1CC1. The number of nitrogens with one attached hydrogen (secondary N) is 1. The Bertz CT molecular complexity index is 377. The first-order valence-corrected chi connectivity index (χ1v) is 4.98. The van der Waals surface area contributed by atoms with E-state index in [9.17, 15) is 4.79 Å². The van der Waals surface area contributed by atoms with Crippen LogP contribution in [0.15, 0.2) is 12.5 Å². The fourth-order valence-electron chi connectivity index (χ4n) is 1.53. The van der Waals surface area contributed by atoms with Crippen LogP contribution in [0.4, 0.5) is 5.82 Å². The highest BCUT2D eigenvalue weighted by molar-refractivity contribution is 5.92. The summed E-state index contributed by atoms with van der Waals surface area (Å²) in [4.78, 5) is 18.5. The van der Waals surface area contributed by atoms with Crippen LogP contribution < -0.4 is 5.32 Å². The molecule has 2 rings (SSSR count). The van der Waals surface area contributed by atoms with Gasteiger partial charge in [-0.3, -0.25) is 0 Å². The molecule has 15 heavy (non-hydrogen) atoms. The lowest BCUT2D eigenvalue weighted by atomic mass is 10.2. The molecule has 2 N–H and O–H groups in total. The van der Waals surface area contributed by atoms with Gasteiger partial charge in [-0.2, -0.15) is 0 Å². The number of carboxylic acid groups (broad SMARTS) is 1. The van der Waals surface area contributed by atoms with Crippen molar-refractivity contribution in [1.82, 2.24) is 9.97 Å². The Hall–Kier alpha value is -1.65. The van der Waals surface area contributed by atoms with Gasteiger partial charge in [0, 0.05) is 12.2 Å². The molecule has 1 atom stereocenters. The van der Waals surface area contributed by atoms with Crippen LogP contribution in [0.25, 0.3) is 0 Å². The van der Waals surface area contributed by atoms with Gasteiger partial charge in [-0.05, 0) is 25.7 Å². The fraction of sp³-hybridized carbons (Fsp3) is 0.500. The fourth-order valence-corrected chi connectivity index (χ4v) is 1.53. The van der Waals surface area contributed by atoms with E-state index in [1.807, 2.05) is 6.92 Å². The molecule has 0 spiro atoms. The van der Waals surface area contributed by atoms with Gasteiger partial charge in [0.05, 0.1) is 0 Å². The predicted molar refractivity (Wildman–Crippen MR) is 54.8 cm³/mol. The second kappa shape index (κ2) is 3.84. The normalized spacial score (nSPS) is 17.1. The van der Waals surface area contributed by atoms with E-state index in [-0.39, 0.29) is 11.6 Å². The lowest BCUT2D eigenvalue weighted by Gasteiger charge is -2.14. The van der Waals surface area contributed by atoms with Crippen molar-refractivity contribution >= 4 is 11.8 Å². The lowest BCUT2D eigenvalue weighted by molar-refractivity contribution is 0.0697. The molecule has 1 aromatic rings. The zero-order chi connectivity index (χ0) is 10.8. The smallest absolute Gasteiger partial charge is 0.341 e. The third kappa shape index (κ3) is 2.23. The zero-order valence-corrected chi connectivity index (χ0v) is 8.47. The van der Waals surface area contributed by atoms with Crippen LogP contribution in [0.1, 0.15) is 30.1 Å². The second-order valence-corrected chi connectivity index (χ2v) is 3.86. The maximum atomic E-state index is 10.9. The molecule has 0 radical (unpaired) electrons. The molecule has 0 amide bonds. The van der Waals surface area contributed by atoms with Gasteiger partial charge < -0.3 is 10.4 Å². The number of aromatic nitrogens is 2. The first-order chi connectivity index (χ1) is 7.18. The minimum Gasteiger partial charge on any atom is -0.477 e. The van der Waals surface area contributed by atoms with Crippen molar-refractivity contribution in [2.24, 2.45) is 5.92 Å². The molecule has 1 saturated carbocycles. The van der Waals surface area contributed by atoms with Gasteiger partial charge in [0.15, 0.2) is 0 Å². The van der Waals surface area contributed by atoms with E-state index >= 15 is 0 Å². The van der Waals surface area contributed by atoms with E-state index in [1.54, 1.807) is 0 Å². The molecule has 0 saturated heterocycles. The van der Waals surface area contributed by atoms with E-state index in [0.29, 0.717) is 11.7 Å². The van der Waals surface area contributed by atoms with Crippen molar-refractivity contribution in [2.75, 3.05) is 5.32 Å². The van der Waals surface area contributed by atoms with Crippen LogP contribution in [-0.4, -0.2) is 27.1 Å². The van der Waals surface area contributed by atoms with E-state index in [0.717, 1.165) is 0 Å². The molecule has 5 nitrogen and oxygen atoms in total. The molecule has 1 fully saturated rings. The average molecular weight is 207 g/mol. The van der Waals surface area contributed by atoms with Crippen molar-refractivity contribution in [3.05, 3.63) is 18.1 Å². The Morgan fingerprint density at radius 2 is 2.40 bits per heavy atom. The van der Waals surface area contributed by atoms with E-state index in [4.69, 9.17) is 5.11 Å². The quantitative estimate of drug-likeness (QED) is 0.780. The van der Waals surface area contributed by atoms with Gasteiger partial charge >= 0.3 is 5.97 Å². The van der Waals surface area contributed by atoms with Crippen molar-refractivity contribution < 1.29 is 9.90 Å². The Kier molecular flexibility index (Phi) is 2.53. The van der Waals surface area contributed by atoms with Gasteiger partial charge in [0.1, 0.15) is 17.7 Å². The number of hydrogen-bond acceptors (Lipinski definition) is 4. The van der Waals surface area contributed by atoms with Crippen LogP contribution in [0.3, 0.4) is 0 Å². The molecule has 1 heterocycles. The largest absolute Gasteiger partial charge is 0.477 e. The van der Waals surface area contributed by atoms with Crippen molar-refractivity contribution in [1.29, 1.82) is 0 Å². The van der Waals surface area contributed by atoms with E-state index < -0.39 is 5.97 Å². The van der Waals surface area contributed by atoms with Crippen molar-refractivity contribution in [3.8, 4) is 0 Å². The molecule has 5 heteroatoms. The van der Waals surface area contributed by atoms with Gasteiger partial charge in [0.25, 0.3) is 0 Å². The Balaban J connectivity index is 2.15. The highest BCUT2D eigenvalue weighted by atomic mass is 16.4. The second-order valence-electron chi connectivity index (χ2n) is 3.86. The van der Waals surface area contributed by atoms with Crippen molar-refractivity contribution in [2.45, 2.75) is 25.8 Å². The van der Waals surface area contributed by atoms with Crippen LogP contribution in [-0.2, 0) is 0 Å². The number of carbonyl (C=O) groups is 1. The lowest BCUT2D eigenvalue weighted by Crippen LogP contribution is -2.20. The maximum absolute atomic E-state index is 10.9. The molecule has 1 aromatic heterocycles. The molecule has 80 valence electrons. The summed E-state index contributed by atoms with van der Waals surface area (Å²) < 4.78 is 0. The average Bonchev–Trinajstić information content (AvgIpc) is 3.01. The van der Waals surface area contributed by atoms with Gasteiger partial charge in [-0.1, -0.05) is 0 Å². The first-order valence-electron chi connectivity index (χ1n) is 4.98. The summed E-state index contributed by atoms with van der Waals surface area (Å²) in [7, 11) is 0. The molecular formula is C10H13N3O2. The Morgan fingerprint density at radius 1 is 1.67 bits per heavy atom. The third-order valence-electron chi connectivity index (χ3n) is 2.64. The number of hydrogen-bond donors (Lipinski definition) is 2. The van der Waals surface area contributed by atoms with E-state index in [1.165, 1.54) is 25.4 Å². The molecule has 1 aliphatic rings. The number of anilines is 1. The number of aromatic carboxylic acids is 1. The summed E-state index contributed by atoms with van der Waals surface area (Å²) in [6, 6.07) is 0.276. The molecule has 0 aromatic carbocycles. The summed E-state index contributed by atoms with van der Waals surface area (Å²) in [5.41, 5.74) is 0.130. The summed E-state index contributed by atoms with van der Waals surface area (Å²) in [6.45, 7) is 2.05. The standard InChI is InChI=1S/C10H13N3O2/c1-6(7-2-3-7)13-9-8(10(14)15)4-11-5-12-9/h4-7H,2-3H2,1H3,(H,14,15)(H,11,12,13). The Labute approximate surface area is 87.6 Å². The van der Waals surface area contributed by atoms with Crippen LogP contribution in [0.5, 0.6) is 0 Å². The number of nitrogens with zero attached hydrogens (tertiary/aromatic N) is 2. The Morgan fingerprint density at radius 3 is 3.00 bits per heavy atom. The van der Waals surface area contributed by atoms with Gasteiger partial charge in [-0.25, -0.2) is 14.8 Å². The van der Waals surface area contributed by atoms with Crippen LogP contribution in [0.2, 0.25) is 0 Å². The van der Waals surface area contributed by atoms with E-state index in [2.05, 4.69) is 15.3 Å². The molecule has 1 aliphatic carbocycles. The topological polar surface area (TPSA) is 75.1 Å². The van der Waals surface area contributed by atoms with Crippen LogP contribution in [0, 0.1) is 5.92 Å². The first kappa shape index (κ1) is 9.89. The van der Waals surface area contributed by atoms with Gasteiger partial charge in [0.2, 0.25) is 0 Å². The number of carboxylic acids is 1. The van der Waals surface area contributed by atoms with Crippen LogP contribution >= 0.6 is 0 Å². The number of rotatable bonds is 4. The summed E-state index contributed by atoms with van der Waals surface area (Å²) in [5, 5.41) is 12.0. The molecule has 0 aliphatic heterocycles. The predicted octanol–water partition coefficient (Wildman–Crippen LogP) is 1.39. The zero-order valence-electron chi connectivity index (χ0n) is 8.47. The summed E-state index contributed by atoms with van der Waals surface area (Å²) in [6.07, 6.45) is 5.09. The maximum Gasteiger partial charge on any atom is 0.341 e. The minimum atomic E-state index is -0.999. The monoisotopic (exact) mass is 207 g/mol. The highest BCUT2D eigenvalue weighted by Crippen LogP contribution is 2.33. The van der Waals surface area contributed by atoms with Gasteiger partial charge in [-0.15, -0.1) is 0 Å². The molecule has 0 bridgehead atoms. The summed E-state index contributed by atoms with van der Waals surface area (Å²) >= 11 is 0. The van der Waals surface area contributed by atoms with Crippen molar-refractivity contribution in [3.63, 3.8) is 0 Å². The minimum absolute atomic E-state index is 0.130. The molecular weight excluding hydrogens is 194 g/mol. The highest BCUT2D eigenvalue weighted by Gasteiger charge is 2.28. The molecule has 1 unspecified atom stereocenters.